The minimum Gasteiger partial charge on any atom is -0.383 e. The first-order chi connectivity index (χ1) is 10.1. The summed E-state index contributed by atoms with van der Waals surface area (Å²) in [5.41, 5.74) is 0.826. The topological polar surface area (TPSA) is 67.0 Å². The van der Waals surface area contributed by atoms with Crippen molar-refractivity contribution in [1.29, 1.82) is 0 Å². The Morgan fingerprint density at radius 2 is 2.19 bits per heavy atom. The van der Waals surface area contributed by atoms with E-state index in [1.807, 2.05) is 0 Å². The first kappa shape index (κ1) is 15.8. The summed E-state index contributed by atoms with van der Waals surface area (Å²) in [7, 11) is 1.62. The molecule has 0 atom stereocenters. The van der Waals surface area contributed by atoms with E-state index in [1.165, 1.54) is 18.2 Å². The van der Waals surface area contributed by atoms with Crippen LogP contribution in [0.5, 0.6) is 0 Å². The van der Waals surface area contributed by atoms with E-state index in [9.17, 15) is 9.18 Å². The third-order valence-corrected chi connectivity index (χ3v) is 3.18. The van der Waals surface area contributed by atoms with Crippen molar-refractivity contribution in [2.24, 2.45) is 0 Å². The van der Waals surface area contributed by atoms with E-state index in [4.69, 9.17) is 4.74 Å². The summed E-state index contributed by atoms with van der Waals surface area (Å²) in [6.45, 7) is 1.68. The smallest absolute Gasteiger partial charge is 0.251 e. The molecular weight excluding hydrogens is 341 g/mol. The van der Waals surface area contributed by atoms with Crippen LogP contribution < -0.4 is 10.9 Å². The molecule has 2 rings (SSSR count). The summed E-state index contributed by atoms with van der Waals surface area (Å²) in [4.78, 5) is 18.6. The third kappa shape index (κ3) is 4.73. The summed E-state index contributed by atoms with van der Waals surface area (Å²) in [6.07, 6.45) is 0. The molecule has 2 N–H and O–H groups in total. The Balaban J connectivity index is 2.24. The number of aromatic amines is 1. The molecule has 0 radical (unpaired) electrons. The molecule has 1 heterocycles. The van der Waals surface area contributed by atoms with E-state index < -0.39 is 5.82 Å². The van der Waals surface area contributed by atoms with Gasteiger partial charge in [-0.15, -0.1) is 0 Å². The maximum Gasteiger partial charge on any atom is 0.251 e. The highest BCUT2D eigenvalue weighted by Crippen LogP contribution is 2.21. The van der Waals surface area contributed by atoms with Gasteiger partial charge in [-0.2, -0.15) is 0 Å². The minimum absolute atomic E-state index is 0.274. The number of ether oxygens (including phenoxy) is 1. The summed E-state index contributed by atoms with van der Waals surface area (Å²) in [6, 6.07) is 5.78. The Bertz CT molecular complexity index is 655. The van der Waals surface area contributed by atoms with Crippen LogP contribution in [-0.2, 0) is 11.3 Å². The molecule has 0 aliphatic rings. The zero-order chi connectivity index (χ0) is 15.2. The summed E-state index contributed by atoms with van der Waals surface area (Å²) in [5.74, 6) is -0.0584. The van der Waals surface area contributed by atoms with Crippen LogP contribution >= 0.6 is 15.9 Å². The van der Waals surface area contributed by atoms with Crippen LogP contribution in [-0.4, -0.2) is 30.2 Å². The average molecular weight is 356 g/mol. The molecule has 0 unspecified atom stereocenters. The minimum atomic E-state index is -0.398. The number of nitrogens with zero attached hydrogens (tertiary/aromatic N) is 1. The molecule has 2 aromatic rings. The summed E-state index contributed by atoms with van der Waals surface area (Å²) < 4.78 is 18.9. The van der Waals surface area contributed by atoms with Gasteiger partial charge in [0.25, 0.3) is 5.56 Å². The lowest BCUT2D eigenvalue weighted by Crippen LogP contribution is -2.21. The number of hydrogen-bond donors (Lipinski definition) is 2. The molecule has 0 amide bonds. The highest BCUT2D eigenvalue weighted by atomic mass is 79.9. The molecule has 0 aliphatic carbocycles. The van der Waals surface area contributed by atoms with Crippen LogP contribution in [0.4, 0.5) is 4.39 Å². The lowest BCUT2D eigenvalue weighted by atomic mass is 10.2. The number of hydrogen-bond acceptors (Lipinski definition) is 4. The highest BCUT2D eigenvalue weighted by molar-refractivity contribution is 9.10. The molecule has 5 nitrogen and oxygen atoms in total. The van der Waals surface area contributed by atoms with Crippen LogP contribution in [0, 0.1) is 5.82 Å². The molecule has 112 valence electrons. The van der Waals surface area contributed by atoms with Crippen molar-refractivity contribution in [2.75, 3.05) is 20.3 Å². The quantitative estimate of drug-likeness (QED) is 0.778. The van der Waals surface area contributed by atoms with Crippen molar-refractivity contribution in [1.82, 2.24) is 15.3 Å². The largest absolute Gasteiger partial charge is 0.383 e. The van der Waals surface area contributed by atoms with Gasteiger partial charge >= 0.3 is 0 Å². The monoisotopic (exact) mass is 355 g/mol. The molecule has 0 bridgehead atoms. The Hall–Kier alpha value is -1.57. The van der Waals surface area contributed by atoms with Crippen molar-refractivity contribution in [3.8, 4) is 11.4 Å². The van der Waals surface area contributed by atoms with Gasteiger partial charge < -0.3 is 15.0 Å². The number of nitrogens with one attached hydrogen (secondary N) is 2. The first-order valence-electron chi connectivity index (χ1n) is 6.35. The van der Waals surface area contributed by atoms with Crippen molar-refractivity contribution in [2.45, 2.75) is 6.54 Å². The second-order valence-electron chi connectivity index (χ2n) is 4.41. The number of H-pyrrole nitrogens is 1. The Kier molecular flexibility index (Phi) is 5.60. The van der Waals surface area contributed by atoms with E-state index in [0.717, 1.165) is 0 Å². The van der Waals surface area contributed by atoms with Gasteiger partial charge in [-0.25, -0.2) is 9.37 Å². The molecule has 1 aromatic heterocycles. The predicted molar refractivity (Wildman–Crippen MR) is 81.5 cm³/mol. The summed E-state index contributed by atoms with van der Waals surface area (Å²) in [5, 5.41) is 3.11. The van der Waals surface area contributed by atoms with Gasteiger partial charge in [0.2, 0.25) is 0 Å². The molecule has 7 heteroatoms. The van der Waals surface area contributed by atoms with Gasteiger partial charge in [-0.3, -0.25) is 4.79 Å². The maximum atomic E-state index is 13.4. The van der Waals surface area contributed by atoms with Gasteiger partial charge in [-0.1, -0.05) is 15.9 Å². The van der Waals surface area contributed by atoms with Gasteiger partial charge in [0.15, 0.2) is 0 Å². The number of rotatable bonds is 6. The Morgan fingerprint density at radius 1 is 1.38 bits per heavy atom. The number of halogens is 2. The fourth-order valence-corrected chi connectivity index (χ4v) is 2.28. The lowest BCUT2D eigenvalue weighted by molar-refractivity contribution is 0.199. The van der Waals surface area contributed by atoms with Crippen molar-refractivity contribution in [3.05, 3.63) is 50.6 Å². The zero-order valence-corrected chi connectivity index (χ0v) is 13.0. The van der Waals surface area contributed by atoms with E-state index in [1.54, 1.807) is 13.2 Å². The molecule has 0 saturated carbocycles. The fourth-order valence-electron chi connectivity index (χ4n) is 1.82. The first-order valence-corrected chi connectivity index (χ1v) is 7.14. The van der Waals surface area contributed by atoms with E-state index in [2.05, 4.69) is 31.2 Å². The molecular formula is C14H15BrFN3O2. The van der Waals surface area contributed by atoms with Gasteiger partial charge in [-0.05, 0) is 18.2 Å². The second-order valence-corrected chi connectivity index (χ2v) is 5.33. The maximum absolute atomic E-state index is 13.4. The molecule has 0 aliphatic heterocycles. The number of aromatic nitrogens is 2. The SMILES string of the molecule is COCCNCc1cc(=O)[nH]c(-c2cc(F)cc(Br)c2)n1. The van der Waals surface area contributed by atoms with E-state index in [-0.39, 0.29) is 5.56 Å². The number of benzene rings is 1. The van der Waals surface area contributed by atoms with Crippen LogP contribution in [0.3, 0.4) is 0 Å². The third-order valence-electron chi connectivity index (χ3n) is 2.72. The van der Waals surface area contributed by atoms with Crippen molar-refractivity contribution >= 4 is 15.9 Å². The molecule has 1 aromatic carbocycles. The normalized spacial score (nSPS) is 10.8. The van der Waals surface area contributed by atoms with Crippen molar-refractivity contribution in [3.63, 3.8) is 0 Å². The second kappa shape index (κ2) is 7.44. The molecule has 0 saturated heterocycles. The lowest BCUT2D eigenvalue weighted by Gasteiger charge is -2.06. The van der Waals surface area contributed by atoms with Crippen LogP contribution in [0.2, 0.25) is 0 Å². The molecule has 21 heavy (non-hydrogen) atoms. The molecule has 0 fully saturated rings. The van der Waals surface area contributed by atoms with E-state index in [0.29, 0.717) is 41.3 Å². The highest BCUT2D eigenvalue weighted by Gasteiger charge is 2.07. The van der Waals surface area contributed by atoms with Gasteiger partial charge in [0.05, 0.1) is 12.3 Å². The number of methoxy groups -OCH3 is 1. The molecule has 0 spiro atoms. The van der Waals surface area contributed by atoms with Gasteiger partial charge in [0, 0.05) is 36.3 Å². The van der Waals surface area contributed by atoms with Crippen LogP contribution in [0.25, 0.3) is 11.4 Å². The zero-order valence-electron chi connectivity index (χ0n) is 11.5. The van der Waals surface area contributed by atoms with E-state index >= 15 is 0 Å². The standard InChI is InChI=1S/C14H15BrFN3O2/c1-21-3-2-17-8-12-7-13(20)19-14(18-12)9-4-10(15)6-11(16)5-9/h4-7,17H,2-3,8H2,1H3,(H,18,19,20). The van der Waals surface area contributed by atoms with Crippen LogP contribution in [0.1, 0.15) is 5.69 Å². The Labute approximate surface area is 129 Å². The predicted octanol–water partition coefficient (Wildman–Crippen LogP) is 2.07. The van der Waals surface area contributed by atoms with Gasteiger partial charge in [0.1, 0.15) is 11.6 Å². The van der Waals surface area contributed by atoms with Crippen molar-refractivity contribution < 1.29 is 9.13 Å². The van der Waals surface area contributed by atoms with Crippen LogP contribution in [0.15, 0.2) is 33.5 Å². The Morgan fingerprint density at radius 3 is 2.90 bits per heavy atom. The summed E-state index contributed by atoms with van der Waals surface area (Å²) >= 11 is 3.22. The fraction of sp³-hybridized carbons (Fsp3) is 0.286. The average Bonchev–Trinajstić information content (AvgIpc) is 2.42.